The molecular formula is C26H25NO4. The van der Waals surface area contributed by atoms with Gasteiger partial charge in [0, 0.05) is 13.6 Å². The Morgan fingerprint density at radius 2 is 1.58 bits per heavy atom. The highest BCUT2D eigenvalue weighted by molar-refractivity contribution is 6.21. The molecule has 3 rings (SSSR count). The molecule has 0 aliphatic heterocycles. The van der Waals surface area contributed by atoms with Gasteiger partial charge in [0.25, 0.3) is 5.91 Å². The minimum Gasteiger partial charge on any atom is -0.497 e. The fraction of sp³-hybridized carbons (Fsp3) is 0.154. The van der Waals surface area contributed by atoms with Gasteiger partial charge >= 0.3 is 5.97 Å². The van der Waals surface area contributed by atoms with E-state index >= 15 is 0 Å². The average molecular weight is 415 g/mol. The second-order valence-electron chi connectivity index (χ2n) is 7.01. The summed E-state index contributed by atoms with van der Waals surface area (Å²) in [5.41, 5.74) is 2.88. The zero-order chi connectivity index (χ0) is 22.1. The summed E-state index contributed by atoms with van der Waals surface area (Å²) in [6, 6.07) is 26.3. The van der Waals surface area contributed by atoms with Crippen molar-refractivity contribution in [3.05, 3.63) is 102 Å². The molecule has 0 bridgehead atoms. The molecule has 5 nitrogen and oxygen atoms in total. The number of hydrogen-bond donors (Lipinski definition) is 0. The fourth-order valence-corrected chi connectivity index (χ4v) is 3.04. The largest absolute Gasteiger partial charge is 0.497 e. The van der Waals surface area contributed by atoms with E-state index in [-0.39, 0.29) is 12.5 Å². The van der Waals surface area contributed by atoms with E-state index in [1.54, 1.807) is 20.2 Å². The maximum absolute atomic E-state index is 12.9. The molecule has 0 fully saturated rings. The summed E-state index contributed by atoms with van der Waals surface area (Å²) in [6.45, 7) is 0.118. The first-order valence-corrected chi connectivity index (χ1v) is 9.93. The van der Waals surface area contributed by atoms with Crippen LogP contribution in [0.5, 0.6) is 5.75 Å². The molecule has 0 spiro atoms. The molecule has 0 radical (unpaired) electrons. The van der Waals surface area contributed by atoms with Crippen LogP contribution in [-0.2, 0) is 20.9 Å². The molecule has 0 aliphatic rings. The van der Waals surface area contributed by atoms with E-state index in [4.69, 9.17) is 9.47 Å². The number of nitrogens with zero attached hydrogens (tertiary/aromatic N) is 1. The molecule has 1 amide bonds. The number of likely N-dealkylation sites (N-methyl/N-ethyl adjacent to an activating group) is 1. The Balaban J connectivity index is 1.73. The molecular weight excluding hydrogens is 390 g/mol. The summed E-state index contributed by atoms with van der Waals surface area (Å²) in [7, 11) is 3.28. The van der Waals surface area contributed by atoms with Gasteiger partial charge in [-0.15, -0.1) is 0 Å². The Morgan fingerprint density at radius 3 is 2.26 bits per heavy atom. The minimum absolute atomic E-state index is 0.272. The topological polar surface area (TPSA) is 55.8 Å². The average Bonchev–Trinajstić information content (AvgIpc) is 2.82. The number of ether oxygens (including phenoxy) is 2. The van der Waals surface area contributed by atoms with Gasteiger partial charge in [-0.3, -0.25) is 4.79 Å². The molecule has 3 aromatic carbocycles. The van der Waals surface area contributed by atoms with Crippen LogP contribution in [0.15, 0.2) is 84.9 Å². The summed E-state index contributed by atoms with van der Waals surface area (Å²) >= 11 is 0. The van der Waals surface area contributed by atoms with Gasteiger partial charge in [0.1, 0.15) is 5.75 Å². The third kappa shape index (κ3) is 6.31. The Morgan fingerprint density at radius 1 is 0.903 bits per heavy atom. The number of rotatable bonds is 8. The van der Waals surface area contributed by atoms with Crippen molar-refractivity contribution in [1.29, 1.82) is 0 Å². The zero-order valence-corrected chi connectivity index (χ0v) is 17.7. The van der Waals surface area contributed by atoms with Crippen molar-refractivity contribution < 1.29 is 19.1 Å². The van der Waals surface area contributed by atoms with Crippen molar-refractivity contribution >= 4 is 23.5 Å². The Bertz CT molecular complexity index is 1050. The summed E-state index contributed by atoms with van der Waals surface area (Å²) in [5.74, 6) is -0.145. The molecule has 31 heavy (non-hydrogen) atoms. The SMILES string of the molecule is COc1cccc(C=C(C(=O)OCC(=O)N(C)Cc2ccccc2)c2ccccc2)c1. The quantitative estimate of drug-likeness (QED) is 0.310. The molecule has 5 heteroatoms. The molecule has 0 saturated carbocycles. The van der Waals surface area contributed by atoms with Crippen molar-refractivity contribution in [2.75, 3.05) is 20.8 Å². The summed E-state index contributed by atoms with van der Waals surface area (Å²) in [4.78, 5) is 26.9. The molecule has 0 heterocycles. The predicted octanol–water partition coefficient (Wildman–Crippen LogP) is 4.44. The highest BCUT2D eigenvalue weighted by Gasteiger charge is 2.17. The lowest BCUT2D eigenvalue weighted by Crippen LogP contribution is -2.30. The molecule has 0 atom stereocenters. The van der Waals surface area contributed by atoms with Gasteiger partial charge in [0.15, 0.2) is 6.61 Å². The van der Waals surface area contributed by atoms with Gasteiger partial charge in [0.05, 0.1) is 12.7 Å². The number of benzene rings is 3. The van der Waals surface area contributed by atoms with Crippen LogP contribution in [0.4, 0.5) is 0 Å². The highest BCUT2D eigenvalue weighted by atomic mass is 16.5. The van der Waals surface area contributed by atoms with Crippen LogP contribution < -0.4 is 4.74 Å². The van der Waals surface area contributed by atoms with Crippen molar-refractivity contribution in [2.45, 2.75) is 6.54 Å². The lowest BCUT2D eigenvalue weighted by atomic mass is 10.0. The van der Waals surface area contributed by atoms with E-state index in [9.17, 15) is 9.59 Å². The maximum Gasteiger partial charge on any atom is 0.339 e. The van der Waals surface area contributed by atoms with Crippen LogP contribution in [0.1, 0.15) is 16.7 Å². The van der Waals surface area contributed by atoms with E-state index in [0.717, 1.165) is 11.1 Å². The van der Waals surface area contributed by atoms with E-state index < -0.39 is 5.97 Å². The van der Waals surface area contributed by atoms with Crippen molar-refractivity contribution in [1.82, 2.24) is 4.90 Å². The smallest absolute Gasteiger partial charge is 0.339 e. The third-order valence-electron chi connectivity index (χ3n) is 4.72. The van der Waals surface area contributed by atoms with Crippen LogP contribution in [0, 0.1) is 0 Å². The predicted molar refractivity (Wildman–Crippen MR) is 121 cm³/mol. The fourth-order valence-electron chi connectivity index (χ4n) is 3.04. The highest BCUT2D eigenvalue weighted by Crippen LogP contribution is 2.22. The van der Waals surface area contributed by atoms with Gasteiger partial charge in [-0.25, -0.2) is 4.79 Å². The third-order valence-corrected chi connectivity index (χ3v) is 4.72. The number of methoxy groups -OCH3 is 1. The van der Waals surface area contributed by atoms with Crippen LogP contribution in [0.25, 0.3) is 11.6 Å². The summed E-state index contributed by atoms with van der Waals surface area (Å²) in [5, 5.41) is 0. The summed E-state index contributed by atoms with van der Waals surface area (Å²) < 4.78 is 10.6. The first-order valence-electron chi connectivity index (χ1n) is 9.93. The lowest BCUT2D eigenvalue weighted by molar-refractivity contribution is -0.147. The Hall–Kier alpha value is -3.86. The molecule has 0 aliphatic carbocycles. The second kappa shape index (κ2) is 10.8. The van der Waals surface area contributed by atoms with Gasteiger partial charge in [-0.05, 0) is 34.9 Å². The second-order valence-corrected chi connectivity index (χ2v) is 7.01. The maximum atomic E-state index is 12.9. The number of esters is 1. The molecule has 0 saturated heterocycles. The lowest BCUT2D eigenvalue weighted by Gasteiger charge is -2.17. The van der Waals surface area contributed by atoms with Gasteiger partial charge in [-0.1, -0.05) is 72.8 Å². The first kappa shape index (κ1) is 21.8. The Kier molecular flexibility index (Phi) is 7.60. The molecule has 3 aromatic rings. The van der Waals surface area contributed by atoms with Gasteiger partial charge in [0.2, 0.25) is 0 Å². The van der Waals surface area contributed by atoms with E-state index in [2.05, 4.69) is 0 Å². The minimum atomic E-state index is -0.560. The standard InChI is InChI=1S/C26H25NO4/c1-27(18-20-10-5-3-6-11-20)25(28)19-31-26(29)24(22-13-7-4-8-14-22)17-21-12-9-15-23(16-21)30-2/h3-17H,18-19H2,1-2H3. The molecule has 0 aromatic heterocycles. The van der Waals surface area contributed by atoms with Crippen LogP contribution in [-0.4, -0.2) is 37.5 Å². The Labute approximate surface area is 182 Å². The van der Waals surface area contributed by atoms with E-state index in [1.165, 1.54) is 4.90 Å². The van der Waals surface area contributed by atoms with E-state index in [1.807, 2.05) is 84.9 Å². The monoisotopic (exact) mass is 415 g/mol. The van der Waals surface area contributed by atoms with Crippen molar-refractivity contribution in [2.24, 2.45) is 0 Å². The normalized spacial score (nSPS) is 11.0. The summed E-state index contributed by atoms with van der Waals surface area (Å²) in [6.07, 6.45) is 1.73. The molecule has 0 N–H and O–H groups in total. The van der Waals surface area contributed by atoms with E-state index in [0.29, 0.717) is 23.4 Å². The number of hydrogen-bond acceptors (Lipinski definition) is 4. The van der Waals surface area contributed by atoms with Crippen molar-refractivity contribution in [3.63, 3.8) is 0 Å². The number of amides is 1. The van der Waals surface area contributed by atoms with Crippen LogP contribution >= 0.6 is 0 Å². The molecule has 0 unspecified atom stereocenters. The van der Waals surface area contributed by atoms with Crippen LogP contribution in [0.3, 0.4) is 0 Å². The number of carbonyl (C=O) groups is 2. The zero-order valence-electron chi connectivity index (χ0n) is 17.7. The molecule has 158 valence electrons. The first-order chi connectivity index (χ1) is 15.1. The van der Waals surface area contributed by atoms with Gasteiger partial charge in [-0.2, -0.15) is 0 Å². The van der Waals surface area contributed by atoms with Crippen molar-refractivity contribution in [3.8, 4) is 5.75 Å². The van der Waals surface area contributed by atoms with Crippen LogP contribution in [0.2, 0.25) is 0 Å². The number of carbonyl (C=O) groups excluding carboxylic acids is 2. The van der Waals surface area contributed by atoms with Gasteiger partial charge < -0.3 is 14.4 Å².